The summed E-state index contributed by atoms with van der Waals surface area (Å²) >= 11 is 1.28. The Morgan fingerprint density at radius 2 is 0.902 bits per heavy atom. The number of carbonyl (C=O) groups excluding carboxylic acids is 6. The summed E-state index contributed by atoms with van der Waals surface area (Å²) in [6, 6.07) is 22.6. The normalized spacial score (nSPS) is 14.0. The zero-order chi connectivity index (χ0) is 29.0. The zero-order valence-corrected chi connectivity index (χ0v) is 22.7. The van der Waals surface area contributed by atoms with E-state index in [0.717, 1.165) is 9.80 Å². The number of hydrogen-bond donors (Lipinski definition) is 0. The average Bonchev–Trinajstić information content (AvgIpc) is 3.36. The predicted octanol–water partition coefficient (Wildman–Crippen LogP) is 5.84. The number of anilines is 2. The van der Waals surface area contributed by atoms with Crippen LogP contribution < -0.4 is 9.80 Å². The Balaban J connectivity index is 1.27. The largest absolute Gasteiger partial charge is 0.295 e. The maximum Gasteiger partial charge on any atom is 0.266 e. The molecule has 200 valence electrons. The summed E-state index contributed by atoms with van der Waals surface area (Å²) in [5.41, 5.74) is 2.40. The highest BCUT2D eigenvalue weighted by Crippen LogP contribution is 2.37. The molecule has 0 unspecified atom stereocenters. The lowest BCUT2D eigenvalue weighted by Crippen LogP contribution is -2.29. The first-order valence-electron chi connectivity index (χ1n) is 12.6. The SMILES string of the molecule is CC(=O)c1cccc(N2C(=O)c3ccc(Sc4ccc5c(c4)C(=O)N(c4cccc(C(C)=O)c4)C5=O)cc3C2=O)c1. The van der Waals surface area contributed by atoms with Gasteiger partial charge in [0.25, 0.3) is 23.6 Å². The van der Waals surface area contributed by atoms with Gasteiger partial charge in [-0.1, -0.05) is 36.0 Å². The third-order valence-corrected chi connectivity index (χ3v) is 7.95. The van der Waals surface area contributed by atoms with E-state index in [-0.39, 0.29) is 33.8 Å². The Morgan fingerprint density at radius 1 is 0.512 bits per heavy atom. The number of Topliss-reactive ketones (excluding diaryl/α,β-unsaturated/α-hetero) is 2. The molecule has 6 rings (SSSR count). The summed E-state index contributed by atoms with van der Waals surface area (Å²) in [6.45, 7) is 2.83. The first-order valence-corrected chi connectivity index (χ1v) is 13.4. The van der Waals surface area contributed by atoms with E-state index < -0.39 is 23.6 Å². The van der Waals surface area contributed by atoms with Crippen LogP contribution in [0.2, 0.25) is 0 Å². The van der Waals surface area contributed by atoms with E-state index in [4.69, 9.17) is 0 Å². The molecule has 4 aromatic carbocycles. The standard InChI is InChI=1S/C32H20N2O6S/c1-17(35)19-5-3-7-21(13-19)33-29(37)25-11-9-23(15-27(25)31(33)39)41-24-10-12-26-28(16-24)32(40)34(30(26)38)22-8-4-6-20(14-22)18(2)36/h3-16H,1-2H3. The van der Waals surface area contributed by atoms with Crippen molar-refractivity contribution in [2.45, 2.75) is 23.6 Å². The van der Waals surface area contributed by atoms with Crippen LogP contribution >= 0.6 is 11.8 Å². The van der Waals surface area contributed by atoms with Crippen molar-refractivity contribution in [1.82, 2.24) is 0 Å². The smallest absolute Gasteiger partial charge is 0.266 e. The van der Waals surface area contributed by atoms with Crippen molar-refractivity contribution in [2.75, 3.05) is 9.80 Å². The molecule has 0 aromatic heterocycles. The molecule has 41 heavy (non-hydrogen) atoms. The molecule has 2 aliphatic rings. The Bertz CT molecular complexity index is 1740. The topological polar surface area (TPSA) is 109 Å². The highest BCUT2D eigenvalue weighted by molar-refractivity contribution is 7.99. The van der Waals surface area contributed by atoms with Gasteiger partial charge in [-0.2, -0.15) is 0 Å². The fourth-order valence-electron chi connectivity index (χ4n) is 4.90. The average molecular weight is 561 g/mol. The quantitative estimate of drug-likeness (QED) is 0.215. The molecule has 0 spiro atoms. The van der Waals surface area contributed by atoms with Gasteiger partial charge in [0.1, 0.15) is 0 Å². The molecule has 0 fully saturated rings. The maximum absolute atomic E-state index is 13.3. The van der Waals surface area contributed by atoms with Gasteiger partial charge in [-0.25, -0.2) is 9.80 Å². The third kappa shape index (κ3) is 4.36. The van der Waals surface area contributed by atoms with Gasteiger partial charge in [-0.15, -0.1) is 0 Å². The molecule has 4 amide bonds. The van der Waals surface area contributed by atoms with Gasteiger partial charge in [-0.3, -0.25) is 28.8 Å². The van der Waals surface area contributed by atoms with E-state index in [0.29, 0.717) is 32.3 Å². The molecule has 0 saturated heterocycles. The van der Waals surface area contributed by atoms with Crippen molar-refractivity contribution in [3.63, 3.8) is 0 Å². The Morgan fingerprint density at radius 3 is 1.29 bits per heavy atom. The van der Waals surface area contributed by atoms with Crippen molar-refractivity contribution in [2.24, 2.45) is 0 Å². The Kier molecular flexibility index (Phi) is 6.23. The van der Waals surface area contributed by atoms with Crippen molar-refractivity contribution in [1.29, 1.82) is 0 Å². The van der Waals surface area contributed by atoms with Gasteiger partial charge in [-0.05, 0) is 74.5 Å². The molecule has 0 saturated carbocycles. The van der Waals surface area contributed by atoms with Crippen LogP contribution in [0.15, 0.2) is 94.7 Å². The number of imide groups is 2. The van der Waals surface area contributed by atoms with Crippen LogP contribution in [-0.4, -0.2) is 35.2 Å². The van der Waals surface area contributed by atoms with Crippen LogP contribution in [-0.2, 0) is 0 Å². The highest BCUT2D eigenvalue weighted by Gasteiger charge is 2.38. The van der Waals surface area contributed by atoms with Crippen LogP contribution in [0.1, 0.15) is 76.0 Å². The summed E-state index contributed by atoms with van der Waals surface area (Å²) in [6.07, 6.45) is 0. The van der Waals surface area contributed by atoms with Crippen molar-refractivity contribution in [3.8, 4) is 0 Å². The van der Waals surface area contributed by atoms with Crippen molar-refractivity contribution in [3.05, 3.63) is 118 Å². The predicted molar refractivity (Wildman–Crippen MR) is 152 cm³/mol. The molecule has 0 atom stereocenters. The van der Waals surface area contributed by atoms with Gasteiger partial charge < -0.3 is 0 Å². The molecule has 2 aliphatic heterocycles. The van der Waals surface area contributed by atoms with E-state index in [2.05, 4.69) is 0 Å². The van der Waals surface area contributed by atoms with E-state index in [9.17, 15) is 28.8 Å². The molecule has 0 bridgehead atoms. The highest BCUT2D eigenvalue weighted by atomic mass is 32.2. The van der Waals surface area contributed by atoms with Crippen LogP contribution in [0.4, 0.5) is 11.4 Å². The zero-order valence-electron chi connectivity index (χ0n) is 21.8. The van der Waals surface area contributed by atoms with E-state index in [1.807, 2.05) is 0 Å². The van der Waals surface area contributed by atoms with Gasteiger partial charge in [0.15, 0.2) is 11.6 Å². The summed E-state index contributed by atoms with van der Waals surface area (Å²) in [5.74, 6) is -2.29. The molecule has 2 heterocycles. The molecule has 0 N–H and O–H groups in total. The molecular weight excluding hydrogens is 540 g/mol. The lowest BCUT2D eigenvalue weighted by molar-refractivity contribution is 0.0910. The van der Waals surface area contributed by atoms with Gasteiger partial charge in [0.05, 0.1) is 33.6 Å². The number of rotatable bonds is 6. The second kappa shape index (κ2) is 9.79. The minimum atomic E-state index is -0.494. The van der Waals surface area contributed by atoms with Gasteiger partial charge >= 0.3 is 0 Å². The maximum atomic E-state index is 13.3. The van der Waals surface area contributed by atoms with Crippen LogP contribution in [0.25, 0.3) is 0 Å². The molecule has 0 aliphatic carbocycles. The monoisotopic (exact) mass is 560 g/mol. The summed E-state index contributed by atoms with van der Waals surface area (Å²) in [5, 5.41) is 0. The van der Waals surface area contributed by atoms with E-state index >= 15 is 0 Å². The molecule has 4 aromatic rings. The molecule has 8 nitrogen and oxygen atoms in total. The Hall–Kier alpha value is -5.15. The number of amides is 4. The third-order valence-electron chi connectivity index (χ3n) is 6.97. The lowest BCUT2D eigenvalue weighted by atomic mass is 10.1. The summed E-state index contributed by atoms with van der Waals surface area (Å²) < 4.78 is 0. The van der Waals surface area contributed by atoms with Crippen LogP contribution in [0, 0.1) is 0 Å². The van der Waals surface area contributed by atoms with Gasteiger partial charge in [0.2, 0.25) is 0 Å². The van der Waals surface area contributed by atoms with Crippen LogP contribution in [0.5, 0.6) is 0 Å². The molecule has 9 heteroatoms. The number of hydrogen-bond acceptors (Lipinski definition) is 7. The first kappa shape index (κ1) is 26.1. The minimum Gasteiger partial charge on any atom is -0.295 e. The second-order valence-corrected chi connectivity index (χ2v) is 10.8. The summed E-state index contributed by atoms with van der Waals surface area (Å²) in [4.78, 5) is 79.7. The second-order valence-electron chi connectivity index (χ2n) is 9.62. The number of nitrogens with zero attached hydrogens (tertiary/aromatic N) is 2. The van der Waals surface area contributed by atoms with Gasteiger partial charge in [0, 0.05) is 20.9 Å². The first-order chi connectivity index (χ1) is 19.6. The fraction of sp³-hybridized carbons (Fsp3) is 0.0625. The molecule has 0 radical (unpaired) electrons. The minimum absolute atomic E-state index is 0.177. The van der Waals surface area contributed by atoms with Crippen molar-refractivity contribution < 1.29 is 28.8 Å². The van der Waals surface area contributed by atoms with E-state index in [1.54, 1.807) is 72.8 Å². The number of carbonyl (C=O) groups is 6. The van der Waals surface area contributed by atoms with Crippen molar-refractivity contribution >= 4 is 58.3 Å². The Labute approximate surface area is 238 Å². The number of benzene rings is 4. The fourth-order valence-corrected chi connectivity index (χ4v) is 5.80. The lowest BCUT2D eigenvalue weighted by Gasteiger charge is -2.14. The van der Waals surface area contributed by atoms with E-state index in [1.165, 1.54) is 37.7 Å². The number of fused-ring (bicyclic) bond motifs is 2. The number of ketones is 2. The van der Waals surface area contributed by atoms with Crippen LogP contribution in [0.3, 0.4) is 0 Å². The summed E-state index contributed by atoms with van der Waals surface area (Å²) in [7, 11) is 0. The molecular formula is C32H20N2O6S.